The van der Waals surface area contributed by atoms with Gasteiger partial charge in [-0.15, -0.1) is 0 Å². The minimum absolute atomic E-state index is 0.0106. The lowest BCUT2D eigenvalue weighted by atomic mass is 10.0. The molecule has 1 fully saturated rings. The van der Waals surface area contributed by atoms with Crippen molar-refractivity contribution >= 4 is 11.7 Å². The maximum absolute atomic E-state index is 12.1. The number of carbonyl (C=O) groups excluding carboxylic acids is 2. The van der Waals surface area contributed by atoms with Crippen molar-refractivity contribution < 1.29 is 9.59 Å². The van der Waals surface area contributed by atoms with E-state index in [1.54, 1.807) is 0 Å². The Hall–Kier alpha value is -2.46. The first kappa shape index (κ1) is 19.3. The van der Waals surface area contributed by atoms with E-state index in [4.69, 9.17) is 0 Å². The van der Waals surface area contributed by atoms with Crippen LogP contribution in [0.25, 0.3) is 0 Å². The lowest BCUT2D eigenvalue weighted by Crippen LogP contribution is -2.23. The summed E-state index contributed by atoms with van der Waals surface area (Å²) in [7, 11) is 0. The number of ketones is 1. The molecule has 0 aliphatic carbocycles. The molecule has 0 aromatic heterocycles. The van der Waals surface area contributed by atoms with E-state index in [0.717, 1.165) is 17.7 Å². The van der Waals surface area contributed by atoms with Gasteiger partial charge in [-0.3, -0.25) is 14.5 Å². The fraction of sp³-hybridized carbons (Fsp3) is 0.391. The first-order chi connectivity index (χ1) is 13.1. The summed E-state index contributed by atoms with van der Waals surface area (Å²) in [5, 5.41) is 2.91. The molecule has 0 spiro atoms. The number of carbonyl (C=O) groups is 2. The van der Waals surface area contributed by atoms with Crippen molar-refractivity contribution in [3.63, 3.8) is 0 Å². The average molecular weight is 364 g/mol. The van der Waals surface area contributed by atoms with Crippen LogP contribution in [0, 0.1) is 6.92 Å². The van der Waals surface area contributed by atoms with Crippen LogP contribution in [0.15, 0.2) is 48.5 Å². The normalized spacial score (nSPS) is 14.3. The van der Waals surface area contributed by atoms with Crippen LogP contribution in [0.3, 0.4) is 0 Å². The Morgan fingerprint density at radius 1 is 0.889 bits per heavy atom. The molecule has 3 rings (SSSR count). The Kier molecular flexibility index (Phi) is 6.77. The van der Waals surface area contributed by atoms with Crippen molar-refractivity contribution in [1.29, 1.82) is 0 Å². The van der Waals surface area contributed by atoms with Crippen molar-refractivity contribution in [3.05, 3.63) is 70.8 Å². The Morgan fingerprint density at radius 3 is 2.19 bits per heavy atom. The minimum Gasteiger partial charge on any atom is -0.352 e. The van der Waals surface area contributed by atoms with Crippen molar-refractivity contribution in [1.82, 2.24) is 10.2 Å². The van der Waals surface area contributed by atoms with Crippen LogP contribution in [0.2, 0.25) is 0 Å². The number of Topliss-reactive ketones (excluding diaryl/α,β-unsaturated/α-hetero) is 1. The Labute approximate surface area is 161 Å². The summed E-state index contributed by atoms with van der Waals surface area (Å²) >= 11 is 0. The number of likely N-dealkylation sites (tertiary alicyclic amines) is 1. The smallest absolute Gasteiger partial charge is 0.220 e. The maximum Gasteiger partial charge on any atom is 0.220 e. The summed E-state index contributed by atoms with van der Waals surface area (Å²) in [6, 6.07) is 15.9. The van der Waals surface area contributed by atoms with Gasteiger partial charge in [0.25, 0.3) is 0 Å². The second-order valence-electron chi connectivity index (χ2n) is 7.37. The second-order valence-corrected chi connectivity index (χ2v) is 7.37. The molecular formula is C23H28N2O2. The standard InChI is InChI=1S/C23H28N2O2/c1-18-4-10-21(11-5-18)22(26)12-13-23(27)24-16-19-6-8-20(9-7-19)17-25-14-2-3-15-25/h4-11H,2-3,12-17H2,1H3,(H,24,27). The topological polar surface area (TPSA) is 49.4 Å². The van der Waals surface area contributed by atoms with Gasteiger partial charge in [0, 0.05) is 31.5 Å². The van der Waals surface area contributed by atoms with Crippen LogP contribution in [-0.2, 0) is 17.9 Å². The fourth-order valence-electron chi connectivity index (χ4n) is 3.36. The molecule has 1 N–H and O–H groups in total. The fourth-order valence-corrected chi connectivity index (χ4v) is 3.36. The molecule has 4 nitrogen and oxygen atoms in total. The van der Waals surface area contributed by atoms with E-state index < -0.39 is 0 Å². The van der Waals surface area contributed by atoms with Gasteiger partial charge in [0.2, 0.25) is 5.91 Å². The summed E-state index contributed by atoms with van der Waals surface area (Å²) in [6.07, 6.45) is 3.07. The van der Waals surface area contributed by atoms with E-state index in [9.17, 15) is 9.59 Å². The van der Waals surface area contributed by atoms with Crippen LogP contribution >= 0.6 is 0 Å². The third-order valence-corrected chi connectivity index (χ3v) is 5.07. The molecule has 1 saturated heterocycles. The molecule has 1 heterocycles. The number of hydrogen-bond donors (Lipinski definition) is 1. The zero-order valence-corrected chi connectivity index (χ0v) is 16.0. The summed E-state index contributed by atoms with van der Waals surface area (Å²) in [6.45, 7) is 5.88. The van der Waals surface area contributed by atoms with E-state index in [0.29, 0.717) is 12.1 Å². The van der Waals surface area contributed by atoms with Gasteiger partial charge in [0.1, 0.15) is 0 Å². The van der Waals surface area contributed by atoms with Gasteiger partial charge in [-0.1, -0.05) is 54.1 Å². The molecule has 2 aromatic carbocycles. The van der Waals surface area contributed by atoms with Crippen LogP contribution in [0.4, 0.5) is 0 Å². The zero-order valence-electron chi connectivity index (χ0n) is 16.0. The molecule has 0 unspecified atom stereocenters. The average Bonchev–Trinajstić information content (AvgIpc) is 3.19. The van der Waals surface area contributed by atoms with E-state index in [1.807, 2.05) is 31.2 Å². The molecule has 142 valence electrons. The van der Waals surface area contributed by atoms with Crippen molar-refractivity contribution in [2.24, 2.45) is 0 Å². The Bertz CT molecular complexity index is 760. The quantitative estimate of drug-likeness (QED) is 0.724. The van der Waals surface area contributed by atoms with Gasteiger partial charge in [0.15, 0.2) is 5.78 Å². The molecule has 2 aromatic rings. The zero-order chi connectivity index (χ0) is 19.1. The highest BCUT2D eigenvalue weighted by molar-refractivity contribution is 5.97. The van der Waals surface area contributed by atoms with Crippen molar-refractivity contribution in [3.8, 4) is 0 Å². The van der Waals surface area contributed by atoms with Gasteiger partial charge >= 0.3 is 0 Å². The third-order valence-electron chi connectivity index (χ3n) is 5.07. The third kappa shape index (κ3) is 6.04. The van der Waals surface area contributed by atoms with Gasteiger partial charge in [-0.25, -0.2) is 0 Å². The van der Waals surface area contributed by atoms with Gasteiger partial charge in [-0.05, 0) is 44.0 Å². The first-order valence-corrected chi connectivity index (χ1v) is 9.77. The summed E-state index contributed by atoms with van der Waals surface area (Å²) < 4.78 is 0. The highest BCUT2D eigenvalue weighted by Gasteiger charge is 2.12. The van der Waals surface area contributed by atoms with E-state index in [1.165, 1.54) is 31.5 Å². The molecule has 27 heavy (non-hydrogen) atoms. The number of hydrogen-bond acceptors (Lipinski definition) is 3. The number of benzene rings is 2. The monoisotopic (exact) mass is 364 g/mol. The predicted molar refractivity (Wildman–Crippen MR) is 108 cm³/mol. The summed E-state index contributed by atoms with van der Waals surface area (Å²) in [5.41, 5.74) is 4.19. The second kappa shape index (κ2) is 9.47. The first-order valence-electron chi connectivity index (χ1n) is 9.77. The van der Waals surface area contributed by atoms with Crippen LogP contribution in [0.1, 0.15) is 52.7 Å². The Balaban J connectivity index is 1.39. The maximum atomic E-state index is 12.1. The van der Waals surface area contributed by atoms with E-state index in [2.05, 4.69) is 34.5 Å². The van der Waals surface area contributed by atoms with Crippen LogP contribution in [-0.4, -0.2) is 29.7 Å². The lowest BCUT2D eigenvalue weighted by Gasteiger charge is -2.14. The van der Waals surface area contributed by atoms with Crippen molar-refractivity contribution in [2.75, 3.05) is 13.1 Å². The highest BCUT2D eigenvalue weighted by atomic mass is 16.2. The number of nitrogens with zero attached hydrogens (tertiary/aromatic N) is 1. The van der Waals surface area contributed by atoms with Crippen LogP contribution in [0.5, 0.6) is 0 Å². The van der Waals surface area contributed by atoms with Gasteiger partial charge in [0.05, 0.1) is 0 Å². The largest absolute Gasteiger partial charge is 0.352 e. The van der Waals surface area contributed by atoms with E-state index in [-0.39, 0.29) is 24.5 Å². The Morgan fingerprint density at radius 2 is 1.52 bits per heavy atom. The van der Waals surface area contributed by atoms with Crippen molar-refractivity contribution in [2.45, 2.75) is 45.7 Å². The molecule has 0 bridgehead atoms. The minimum atomic E-state index is -0.0865. The highest BCUT2D eigenvalue weighted by Crippen LogP contribution is 2.13. The van der Waals surface area contributed by atoms with Gasteiger partial charge in [-0.2, -0.15) is 0 Å². The molecule has 0 radical (unpaired) electrons. The SMILES string of the molecule is Cc1ccc(C(=O)CCC(=O)NCc2ccc(CN3CCCC3)cc2)cc1. The summed E-state index contributed by atoms with van der Waals surface area (Å²) in [5.74, 6) is -0.0759. The molecular weight excluding hydrogens is 336 g/mol. The number of amides is 1. The number of aryl methyl sites for hydroxylation is 1. The predicted octanol–water partition coefficient (Wildman–Crippen LogP) is 3.87. The lowest BCUT2D eigenvalue weighted by molar-refractivity contribution is -0.121. The molecule has 0 saturated carbocycles. The molecule has 0 atom stereocenters. The van der Waals surface area contributed by atoms with Gasteiger partial charge < -0.3 is 5.32 Å². The number of nitrogens with one attached hydrogen (secondary N) is 1. The molecule has 1 aliphatic rings. The summed E-state index contributed by atoms with van der Waals surface area (Å²) in [4.78, 5) is 26.6. The molecule has 1 amide bonds. The molecule has 1 aliphatic heterocycles. The van der Waals surface area contributed by atoms with E-state index >= 15 is 0 Å². The van der Waals surface area contributed by atoms with Crippen LogP contribution < -0.4 is 5.32 Å². The number of rotatable bonds is 8. The molecule has 4 heteroatoms.